The van der Waals surface area contributed by atoms with Gasteiger partial charge in [0.1, 0.15) is 10.6 Å². The lowest BCUT2D eigenvalue weighted by molar-refractivity contribution is -0.119. The highest BCUT2D eigenvalue weighted by atomic mass is 32.2. The van der Waals surface area contributed by atoms with E-state index in [1.165, 1.54) is 31.0 Å². The van der Waals surface area contributed by atoms with Crippen LogP contribution in [0.25, 0.3) is 0 Å². The van der Waals surface area contributed by atoms with E-state index in [1.807, 2.05) is 13.8 Å². The van der Waals surface area contributed by atoms with Crippen LogP contribution in [0.15, 0.2) is 47.6 Å². The summed E-state index contributed by atoms with van der Waals surface area (Å²) in [4.78, 5) is 20.7. The molecule has 0 fully saturated rings. The topological polar surface area (TPSA) is 63.6 Å². The number of rotatable bonds is 4. The van der Waals surface area contributed by atoms with Gasteiger partial charge >= 0.3 is 0 Å². The molecule has 7 heteroatoms. The number of thioether (sulfide) groups is 1. The van der Waals surface area contributed by atoms with Crippen molar-refractivity contribution < 1.29 is 13.9 Å². The van der Waals surface area contributed by atoms with Crippen LogP contribution in [0.2, 0.25) is 0 Å². The number of amidine groups is 1. The zero-order chi connectivity index (χ0) is 18.0. The summed E-state index contributed by atoms with van der Waals surface area (Å²) in [5.74, 6) is -0.0642. The maximum Gasteiger partial charge on any atom is 0.269 e. The molecule has 1 aromatic carbocycles. The van der Waals surface area contributed by atoms with E-state index in [1.54, 1.807) is 30.5 Å². The van der Waals surface area contributed by atoms with Crippen molar-refractivity contribution in [3.63, 3.8) is 0 Å². The normalized spacial score (nSPS) is 21.0. The zero-order valence-electron chi connectivity index (χ0n) is 14.1. The zero-order valence-corrected chi connectivity index (χ0v) is 14.9. The minimum Gasteiger partial charge on any atom is -0.481 e. The van der Waals surface area contributed by atoms with E-state index in [9.17, 15) is 9.18 Å². The number of benzene rings is 1. The number of aliphatic imine (C=N–C) groups is 1. The number of ether oxygens (including phenoxy) is 1. The molecule has 0 saturated carbocycles. The molecule has 0 unspecified atom stereocenters. The highest BCUT2D eigenvalue weighted by Crippen LogP contribution is 2.43. The Hall–Kier alpha value is -2.41. The quantitative estimate of drug-likeness (QED) is 0.906. The Labute approximate surface area is 149 Å². The van der Waals surface area contributed by atoms with E-state index in [0.717, 1.165) is 11.1 Å². The average molecular weight is 359 g/mol. The first-order chi connectivity index (χ1) is 11.9. The smallest absolute Gasteiger partial charge is 0.269 e. The van der Waals surface area contributed by atoms with Gasteiger partial charge in [0.05, 0.1) is 13.2 Å². The van der Waals surface area contributed by atoms with Crippen LogP contribution in [0.3, 0.4) is 0 Å². The standard InChI is InChI=1S/C18H18FN3O2S/c1-11(12-4-6-14(19)7-5-12)21-17-22-16(23)18(2,25-17)13-8-9-20-15(10-13)24-3/h4-11H,1-3H3,(H,21,22,23)/t11-,18+/m0/s1. The molecule has 1 amide bonds. The van der Waals surface area contributed by atoms with Crippen molar-refractivity contribution in [2.75, 3.05) is 7.11 Å². The second kappa shape index (κ2) is 6.84. The molecule has 1 N–H and O–H groups in total. The summed E-state index contributed by atoms with van der Waals surface area (Å²) in [6, 6.07) is 9.67. The molecule has 2 heterocycles. The fraction of sp³-hybridized carbons (Fsp3) is 0.278. The van der Waals surface area contributed by atoms with Gasteiger partial charge in [-0.3, -0.25) is 4.79 Å². The highest BCUT2D eigenvalue weighted by Gasteiger charge is 2.43. The van der Waals surface area contributed by atoms with E-state index in [2.05, 4.69) is 15.3 Å². The van der Waals surface area contributed by atoms with Crippen LogP contribution in [-0.2, 0) is 9.54 Å². The first-order valence-corrected chi connectivity index (χ1v) is 8.58. The third kappa shape index (κ3) is 3.51. The summed E-state index contributed by atoms with van der Waals surface area (Å²) in [5.41, 5.74) is 1.70. The summed E-state index contributed by atoms with van der Waals surface area (Å²) in [6.45, 7) is 3.77. The molecule has 0 spiro atoms. The van der Waals surface area contributed by atoms with Crippen LogP contribution >= 0.6 is 11.8 Å². The summed E-state index contributed by atoms with van der Waals surface area (Å²) in [7, 11) is 1.53. The number of aromatic nitrogens is 1. The third-order valence-corrected chi connectivity index (χ3v) is 5.34. The molecular formula is C18H18FN3O2S. The van der Waals surface area contributed by atoms with Crippen LogP contribution in [0.1, 0.15) is 31.0 Å². The lowest BCUT2D eigenvalue weighted by Gasteiger charge is -2.22. The molecule has 1 aliphatic rings. The van der Waals surface area contributed by atoms with E-state index in [4.69, 9.17) is 4.74 Å². The SMILES string of the molecule is COc1cc([C@@]2(C)SC(N[C@@H](C)c3ccc(F)cc3)=NC2=O)ccn1. The van der Waals surface area contributed by atoms with Crippen LogP contribution in [-0.4, -0.2) is 23.2 Å². The first kappa shape index (κ1) is 17.4. The van der Waals surface area contributed by atoms with Crippen molar-refractivity contribution in [2.24, 2.45) is 4.99 Å². The lowest BCUT2D eigenvalue weighted by Crippen LogP contribution is -2.26. The molecule has 2 atom stereocenters. The lowest BCUT2D eigenvalue weighted by atomic mass is 10.0. The van der Waals surface area contributed by atoms with Crippen molar-refractivity contribution in [3.8, 4) is 5.88 Å². The van der Waals surface area contributed by atoms with E-state index in [0.29, 0.717) is 11.0 Å². The van der Waals surface area contributed by atoms with Crippen LogP contribution in [0.5, 0.6) is 5.88 Å². The number of carbonyl (C=O) groups excluding carboxylic acids is 1. The van der Waals surface area contributed by atoms with Gasteiger partial charge in [0, 0.05) is 12.3 Å². The summed E-state index contributed by atoms with van der Waals surface area (Å²) < 4.78 is 17.4. The van der Waals surface area contributed by atoms with Crippen molar-refractivity contribution in [1.29, 1.82) is 0 Å². The van der Waals surface area contributed by atoms with Gasteiger partial charge in [0.2, 0.25) is 5.88 Å². The molecule has 0 aliphatic carbocycles. The second-order valence-corrected chi connectivity index (χ2v) is 7.27. The Morgan fingerprint density at radius 2 is 2.00 bits per heavy atom. The molecule has 1 aromatic heterocycles. The molecule has 5 nitrogen and oxygen atoms in total. The summed E-state index contributed by atoms with van der Waals surface area (Å²) in [5, 5.41) is 3.76. The van der Waals surface area contributed by atoms with E-state index >= 15 is 0 Å². The molecule has 3 rings (SSSR count). The van der Waals surface area contributed by atoms with E-state index < -0.39 is 4.75 Å². The summed E-state index contributed by atoms with van der Waals surface area (Å²) in [6.07, 6.45) is 1.61. The summed E-state index contributed by atoms with van der Waals surface area (Å²) >= 11 is 1.35. The van der Waals surface area contributed by atoms with Gasteiger partial charge in [-0.2, -0.15) is 4.99 Å². The number of carbonyl (C=O) groups is 1. The minimum atomic E-state index is -0.832. The molecule has 1 aliphatic heterocycles. The number of pyridine rings is 1. The number of amides is 1. The first-order valence-electron chi connectivity index (χ1n) is 7.77. The average Bonchev–Trinajstić information content (AvgIpc) is 2.90. The van der Waals surface area contributed by atoms with Gasteiger partial charge in [0.15, 0.2) is 5.17 Å². The van der Waals surface area contributed by atoms with Gasteiger partial charge in [-0.1, -0.05) is 23.9 Å². The maximum atomic E-state index is 13.0. The van der Waals surface area contributed by atoms with Gasteiger partial charge in [-0.05, 0) is 43.2 Å². The van der Waals surface area contributed by atoms with Gasteiger partial charge in [-0.25, -0.2) is 9.37 Å². The Kier molecular flexibility index (Phi) is 4.76. The monoisotopic (exact) mass is 359 g/mol. The van der Waals surface area contributed by atoms with Gasteiger partial charge in [-0.15, -0.1) is 0 Å². The Balaban J connectivity index is 1.76. The molecule has 0 saturated heterocycles. The molecule has 130 valence electrons. The fourth-order valence-corrected chi connectivity index (χ4v) is 3.67. The van der Waals surface area contributed by atoms with E-state index in [-0.39, 0.29) is 17.8 Å². The molecule has 0 radical (unpaired) electrons. The predicted molar refractivity (Wildman–Crippen MR) is 96.1 cm³/mol. The number of halogens is 1. The molecular weight excluding hydrogens is 341 g/mol. The Morgan fingerprint density at radius 3 is 2.68 bits per heavy atom. The molecule has 0 bridgehead atoms. The van der Waals surface area contributed by atoms with Gasteiger partial charge < -0.3 is 10.1 Å². The number of methoxy groups -OCH3 is 1. The maximum absolute atomic E-state index is 13.0. The predicted octanol–water partition coefficient (Wildman–Crippen LogP) is 3.42. The van der Waals surface area contributed by atoms with Crippen molar-refractivity contribution in [3.05, 3.63) is 59.5 Å². The number of hydrogen-bond acceptors (Lipinski definition) is 5. The second-order valence-electron chi connectivity index (χ2n) is 5.86. The van der Waals surface area contributed by atoms with Crippen LogP contribution in [0.4, 0.5) is 4.39 Å². The minimum absolute atomic E-state index is 0.103. The Bertz CT molecular complexity index is 825. The fourth-order valence-electron chi connectivity index (χ4n) is 2.54. The van der Waals surface area contributed by atoms with Crippen molar-refractivity contribution >= 4 is 22.8 Å². The molecule has 2 aromatic rings. The Morgan fingerprint density at radius 1 is 1.28 bits per heavy atom. The van der Waals surface area contributed by atoms with Gasteiger partial charge in [0.25, 0.3) is 5.91 Å². The largest absolute Gasteiger partial charge is 0.481 e. The number of nitrogens with zero attached hydrogens (tertiary/aromatic N) is 2. The van der Waals surface area contributed by atoms with Crippen molar-refractivity contribution in [1.82, 2.24) is 10.3 Å². The van der Waals surface area contributed by atoms with Crippen molar-refractivity contribution in [2.45, 2.75) is 24.6 Å². The van der Waals surface area contributed by atoms with Crippen LogP contribution < -0.4 is 10.1 Å². The number of hydrogen-bond donors (Lipinski definition) is 1. The highest BCUT2D eigenvalue weighted by molar-refractivity contribution is 8.15. The third-order valence-electron chi connectivity index (χ3n) is 4.12. The van der Waals surface area contributed by atoms with Crippen LogP contribution in [0, 0.1) is 5.82 Å². The molecule has 25 heavy (non-hydrogen) atoms. The number of nitrogens with one attached hydrogen (secondary N) is 1.